The molecule has 0 spiro atoms. The van der Waals surface area contributed by atoms with E-state index < -0.39 is 19.9 Å². The molecule has 136 valence electrons. The van der Waals surface area contributed by atoms with Gasteiger partial charge < -0.3 is 4.74 Å². The van der Waals surface area contributed by atoms with E-state index in [1.165, 1.54) is 24.3 Å². The summed E-state index contributed by atoms with van der Waals surface area (Å²) in [4.78, 5) is 1.73. The number of sulfonamides is 1. The summed E-state index contributed by atoms with van der Waals surface area (Å²) in [6, 6.07) is 5.62. The van der Waals surface area contributed by atoms with Gasteiger partial charge in [0.25, 0.3) is 0 Å². The summed E-state index contributed by atoms with van der Waals surface area (Å²) >= 11 is 0. The SMILES string of the molecule is CC1CN(CCNS(=O)(=O)c2ccccc2S(C)(=O)=O)CC(C)O1. The van der Waals surface area contributed by atoms with E-state index >= 15 is 0 Å². The zero-order valence-corrected chi connectivity index (χ0v) is 15.7. The van der Waals surface area contributed by atoms with Crippen molar-refractivity contribution < 1.29 is 21.6 Å². The van der Waals surface area contributed by atoms with Crippen molar-refractivity contribution in [1.82, 2.24) is 9.62 Å². The summed E-state index contributed by atoms with van der Waals surface area (Å²) in [5.74, 6) is 0. The van der Waals surface area contributed by atoms with E-state index in [1.54, 1.807) is 0 Å². The highest BCUT2D eigenvalue weighted by Crippen LogP contribution is 2.20. The summed E-state index contributed by atoms with van der Waals surface area (Å²) in [5.41, 5.74) is 0. The highest BCUT2D eigenvalue weighted by molar-refractivity contribution is 7.93. The Morgan fingerprint density at radius 2 is 1.62 bits per heavy atom. The Balaban J connectivity index is 2.05. The van der Waals surface area contributed by atoms with E-state index in [-0.39, 0.29) is 28.5 Å². The molecule has 1 saturated heterocycles. The predicted molar refractivity (Wildman–Crippen MR) is 91.2 cm³/mol. The molecule has 1 N–H and O–H groups in total. The van der Waals surface area contributed by atoms with Crippen molar-refractivity contribution in [2.75, 3.05) is 32.4 Å². The lowest BCUT2D eigenvalue weighted by Crippen LogP contribution is -2.47. The van der Waals surface area contributed by atoms with Crippen molar-refractivity contribution in [3.63, 3.8) is 0 Å². The smallest absolute Gasteiger partial charge is 0.241 e. The summed E-state index contributed by atoms with van der Waals surface area (Å²) in [7, 11) is -7.51. The Morgan fingerprint density at radius 1 is 1.08 bits per heavy atom. The minimum absolute atomic E-state index is 0.108. The molecule has 24 heavy (non-hydrogen) atoms. The molecule has 1 aromatic carbocycles. The first-order valence-corrected chi connectivity index (χ1v) is 11.1. The topological polar surface area (TPSA) is 92.8 Å². The molecule has 0 saturated carbocycles. The number of rotatable bonds is 6. The van der Waals surface area contributed by atoms with Gasteiger partial charge in [-0.25, -0.2) is 21.6 Å². The van der Waals surface area contributed by atoms with Crippen LogP contribution in [-0.4, -0.2) is 66.4 Å². The zero-order valence-electron chi connectivity index (χ0n) is 14.1. The van der Waals surface area contributed by atoms with Gasteiger partial charge in [-0.2, -0.15) is 0 Å². The standard InChI is InChI=1S/C15H24N2O5S2/c1-12-10-17(11-13(2)22-12)9-8-16-24(20,21)15-7-5-4-6-14(15)23(3,18)19/h4-7,12-13,16H,8-11H2,1-3H3. The number of ether oxygens (including phenoxy) is 1. The molecule has 0 bridgehead atoms. The van der Waals surface area contributed by atoms with Crippen LogP contribution in [0.25, 0.3) is 0 Å². The van der Waals surface area contributed by atoms with Crippen LogP contribution < -0.4 is 4.72 Å². The first kappa shape index (κ1) is 19.3. The Labute approximate surface area is 144 Å². The average molecular weight is 377 g/mol. The van der Waals surface area contributed by atoms with Crippen LogP contribution >= 0.6 is 0 Å². The zero-order chi connectivity index (χ0) is 18.0. The average Bonchev–Trinajstić information content (AvgIpc) is 2.45. The van der Waals surface area contributed by atoms with Crippen LogP contribution in [-0.2, 0) is 24.6 Å². The van der Waals surface area contributed by atoms with Crippen molar-refractivity contribution in [2.24, 2.45) is 0 Å². The molecule has 0 amide bonds. The molecule has 0 radical (unpaired) electrons. The van der Waals surface area contributed by atoms with E-state index in [1.807, 2.05) is 13.8 Å². The highest BCUT2D eigenvalue weighted by Gasteiger charge is 2.25. The van der Waals surface area contributed by atoms with Gasteiger partial charge in [-0.15, -0.1) is 0 Å². The minimum atomic E-state index is -3.89. The second-order valence-electron chi connectivity index (χ2n) is 6.13. The number of nitrogens with one attached hydrogen (secondary N) is 1. The first-order valence-electron chi connectivity index (χ1n) is 7.76. The molecule has 2 unspecified atom stereocenters. The van der Waals surface area contributed by atoms with Crippen molar-refractivity contribution >= 4 is 19.9 Å². The van der Waals surface area contributed by atoms with Crippen molar-refractivity contribution in [1.29, 1.82) is 0 Å². The summed E-state index contributed by atoms with van der Waals surface area (Å²) in [5, 5.41) is 0. The molecular weight excluding hydrogens is 352 g/mol. The van der Waals surface area contributed by atoms with E-state index in [2.05, 4.69) is 9.62 Å². The molecule has 9 heteroatoms. The number of benzene rings is 1. The van der Waals surface area contributed by atoms with Gasteiger partial charge in [-0.1, -0.05) is 12.1 Å². The maximum Gasteiger partial charge on any atom is 0.241 e. The molecule has 1 heterocycles. The first-order chi connectivity index (χ1) is 11.1. The monoisotopic (exact) mass is 376 g/mol. The highest BCUT2D eigenvalue weighted by atomic mass is 32.2. The summed E-state index contributed by atoms with van der Waals surface area (Å²) in [6.07, 6.45) is 1.21. The maximum absolute atomic E-state index is 12.5. The van der Waals surface area contributed by atoms with E-state index in [0.29, 0.717) is 6.54 Å². The fourth-order valence-electron chi connectivity index (χ4n) is 2.86. The second-order valence-corrected chi connectivity index (χ2v) is 9.85. The molecular formula is C15H24N2O5S2. The molecule has 1 aromatic rings. The molecule has 0 aromatic heterocycles. The lowest BCUT2D eigenvalue weighted by molar-refractivity contribution is -0.0671. The number of hydrogen-bond donors (Lipinski definition) is 1. The molecule has 7 nitrogen and oxygen atoms in total. The van der Waals surface area contributed by atoms with Crippen LogP contribution in [0, 0.1) is 0 Å². The van der Waals surface area contributed by atoms with Gasteiger partial charge in [0.1, 0.15) is 4.90 Å². The van der Waals surface area contributed by atoms with Gasteiger partial charge in [0.15, 0.2) is 9.84 Å². The van der Waals surface area contributed by atoms with Crippen LogP contribution in [0.15, 0.2) is 34.1 Å². The Kier molecular flexibility index (Phi) is 6.03. The van der Waals surface area contributed by atoms with E-state index in [9.17, 15) is 16.8 Å². The number of sulfone groups is 1. The number of morpholine rings is 1. The van der Waals surface area contributed by atoms with Crippen molar-refractivity contribution in [2.45, 2.75) is 35.8 Å². The largest absolute Gasteiger partial charge is 0.373 e. The van der Waals surface area contributed by atoms with Crippen LogP contribution in [0.1, 0.15) is 13.8 Å². The number of nitrogens with zero attached hydrogens (tertiary/aromatic N) is 1. The molecule has 2 atom stereocenters. The molecule has 1 aliphatic heterocycles. The van der Waals surface area contributed by atoms with E-state index in [0.717, 1.165) is 19.3 Å². The Morgan fingerprint density at radius 3 is 2.17 bits per heavy atom. The third kappa shape index (κ3) is 5.00. The van der Waals surface area contributed by atoms with Crippen LogP contribution in [0.2, 0.25) is 0 Å². The van der Waals surface area contributed by atoms with Gasteiger partial charge in [-0.3, -0.25) is 4.90 Å². The molecule has 0 aliphatic carbocycles. The van der Waals surface area contributed by atoms with Gasteiger partial charge in [0.05, 0.1) is 17.1 Å². The summed E-state index contributed by atoms with van der Waals surface area (Å²) in [6.45, 7) is 6.19. The Bertz CT molecular complexity index is 767. The van der Waals surface area contributed by atoms with Crippen molar-refractivity contribution in [3.8, 4) is 0 Å². The normalized spacial score (nSPS) is 23.3. The fraction of sp³-hybridized carbons (Fsp3) is 0.600. The van der Waals surface area contributed by atoms with E-state index in [4.69, 9.17) is 4.74 Å². The number of hydrogen-bond acceptors (Lipinski definition) is 6. The minimum Gasteiger partial charge on any atom is -0.373 e. The van der Waals surface area contributed by atoms with Gasteiger partial charge in [0.2, 0.25) is 10.0 Å². The predicted octanol–water partition coefficient (Wildman–Crippen LogP) is 0.478. The van der Waals surface area contributed by atoms with Crippen LogP contribution in [0.4, 0.5) is 0 Å². The van der Waals surface area contributed by atoms with Gasteiger partial charge in [0, 0.05) is 32.4 Å². The third-order valence-corrected chi connectivity index (χ3v) is 6.56. The molecule has 2 rings (SSSR count). The fourth-order valence-corrected chi connectivity index (χ4v) is 5.51. The van der Waals surface area contributed by atoms with Gasteiger partial charge >= 0.3 is 0 Å². The Hall–Kier alpha value is -1.00. The quantitative estimate of drug-likeness (QED) is 0.776. The molecule has 1 fully saturated rings. The lowest BCUT2D eigenvalue weighted by atomic mass is 10.2. The van der Waals surface area contributed by atoms with Crippen LogP contribution in [0.5, 0.6) is 0 Å². The second kappa shape index (κ2) is 7.49. The van der Waals surface area contributed by atoms with Gasteiger partial charge in [-0.05, 0) is 26.0 Å². The summed E-state index contributed by atoms with van der Waals surface area (Å²) < 4.78 is 56.6. The molecule has 1 aliphatic rings. The van der Waals surface area contributed by atoms with Crippen molar-refractivity contribution in [3.05, 3.63) is 24.3 Å². The lowest BCUT2D eigenvalue weighted by Gasteiger charge is -2.35. The maximum atomic E-state index is 12.5. The third-order valence-electron chi connectivity index (χ3n) is 3.75. The van der Waals surface area contributed by atoms with Crippen LogP contribution in [0.3, 0.4) is 0 Å².